The molecule has 0 amide bonds. The van der Waals surface area contributed by atoms with E-state index in [9.17, 15) is 0 Å². The lowest BCUT2D eigenvalue weighted by atomic mass is 10.7. The van der Waals surface area contributed by atoms with Crippen LogP contribution in [0.25, 0.3) is 0 Å². The highest BCUT2D eigenvalue weighted by molar-refractivity contribution is 4.40. The normalized spacial score (nSPS) is 10.8. The zero-order valence-corrected chi connectivity index (χ0v) is 5.52. The monoisotopic (exact) mass is 115 g/mol. The molecule has 0 unspecified atom stereocenters. The average molecular weight is 115 g/mol. The fraction of sp³-hybridized carbons (Fsp3) is 1.00. The number of azo groups is 1. The second kappa shape index (κ2) is 6.56. The smallest absolute Gasteiger partial charge is 0.0723 e. The average Bonchev–Trinajstić information content (AvgIpc) is 1.81. The first-order chi connectivity index (χ1) is 3.91. The van der Waals surface area contributed by atoms with Crippen LogP contribution in [-0.4, -0.2) is 26.7 Å². The molecule has 0 spiro atoms. The Balaban J connectivity index is 2.80. The second-order valence-electron chi connectivity index (χ2n) is 1.43. The molecular weight excluding hydrogens is 102 g/mol. The van der Waals surface area contributed by atoms with Crippen LogP contribution in [0.15, 0.2) is 10.2 Å². The maximum absolute atomic E-state index is 3.84. The van der Waals surface area contributed by atoms with Gasteiger partial charge >= 0.3 is 0 Å². The minimum atomic E-state index is 0.795. The Morgan fingerprint density at radius 1 is 1.38 bits per heavy atom. The molecule has 0 aliphatic heterocycles. The van der Waals surface area contributed by atoms with Gasteiger partial charge < -0.3 is 5.32 Å². The van der Waals surface area contributed by atoms with E-state index in [1.54, 1.807) is 0 Å². The standard InChI is InChI=1S/C5H13N3/c1-3-7-8-5-4-6-2/h6H,3-5H2,1-2H3. The Bertz CT molecular complexity index is 60.7. The molecule has 0 saturated carbocycles. The van der Waals surface area contributed by atoms with Gasteiger partial charge in [-0.25, -0.2) is 0 Å². The Kier molecular flexibility index (Phi) is 6.20. The highest BCUT2D eigenvalue weighted by Crippen LogP contribution is 1.71. The van der Waals surface area contributed by atoms with Gasteiger partial charge in [0.15, 0.2) is 0 Å². The van der Waals surface area contributed by atoms with Crippen LogP contribution < -0.4 is 5.32 Å². The Morgan fingerprint density at radius 3 is 2.62 bits per heavy atom. The van der Waals surface area contributed by atoms with Crippen LogP contribution in [0, 0.1) is 0 Å². The molecule has 0 aliphatic rings. The first kappa shape index (κ1) is 7.56. The second-order valence-corrected chi connectivity index (χ2v) is 1.43. The summed E-state index contributed by atoms with van der Waals surface area (Å²) in [6.07, 6.45) is 0. The predicted molar refractivity (Wildman–Crippen MR) is 34.2 cm³/mol. The summed E-state index contributed by atoms with van der Waals surface area (Å²) >= 11 is 0. The van der Waals surface area contributed by atoms with Gasteiger partial charge in [0.05, 0.1) is 13.1 Å². The molecule has 0 fully saturated rings. The summed E-state index contributed by atoms with van der Waals surface area (Å²) in [6.45, 7) is 4.49. The van der Waals surface area contributed by atoms with Crippen molar-refractivity contribution in [2.45, 2.75) is 6.92 Å². The SMILES string of the molecule is CCN=NCCNC. The van der Waals surface area contributed by atoms with Gasteiger partial charge in [0.2, 0.25) is 0 Å². The molecule has 3 heteroatoms. The van der Waals surface area contributed by atoms with Crippen molar-refractivity contribution in [1.82, 2.24) is 5.32 Å². The quantitative estimate of drug-likeness (QED) is 0.424. The minimum Gasteiger partial charge on any atom is -0.318 e. The fourth-order valence-corrected chi connectivity index (χ4v) is 0.333. The first-order valence-corrected chi connectivity index (χ1v) is 2.89. The molecule has 0 saturated heterocycles. The van der Waals surface area contributed by atoms with Crippen molar-refractivity contribution in [3.63, 3.8) is 0 Å². The highest BCUT2D eigenvalue weighted by Gasteiger charge is 1.74. The van der Waals surface area contributed by atoms with E-state index in [0.717, 1.165) is 19.6 Å². The zero-order valence-electron chi connectivity index (χ0n) is 5.52. The molecule has 0 radical (unpaired) electrons. The van der Waals surface area contributed by atoms with Crippen LogP contribution >= 0.6 is 0 Å². The Labute approximate surface area is 50.2 Å². The van der Waals surface area contributed by atoms with Crippen LogP contribution in [0.1, 0.15) is 6.92 Å². The molecule has 0 aliphatic carbocycles. The van der Waals surface area contributed by atoms with Gasteiger partial charge in [0, 0.05) is 6.54 Å². The van der Waals surface area contributed by atoms with E-state index in [1.807, 2.05) is 14.0 Å². The third kappa shape index (κ3) is 5.56. The largest absolute Gasteiger partial charge is 0.318 e. The van der Waals surface area contributed by atoms with E-state index in [1.165, 1.54) is 0 Å². The van der Waals surface area contributed by atoms with Gasteiger partial charge in [-0.05, 0) is 14.0 Å². The van der Waals surface area contributed by atoms with E-state index in [2.05, 4.69) is 15.5 Å². The summed E-state index contributed by atoms with van der Waals surface area (Å²) in [5.74, 6) is 0. The lowest BCUT2D eigenvalue weighted by Crippen LogP contribution is -2.09. The topological polar surface area (TPSA) is 36.8 Å². The van der Waals surface area contributed by atoms with Crippen molar-refractivity contribution >= 4 is 0 Å². The Hall–Kier alpha value is -0.440. The molecule has 0 aromatic heterocycles. The minimum absolute atomic E-state index is 0.795. The fourth-order valence-electron chi connectivity index (χ4n) is 0.333. The lowest BCUT2D eigenvalue weighted by molar-refractivity contribution is 0.762. The summed E-state index contributed by atoms with van der Waals surface area (Å²) in [5.41, 5.74) is 0. The van der Waals surface area contributed by atoms with Gasteiger partial charge in [-0.2, -0.15) is 10.2 Å². The first-order valence-electron chi connectivity index (χ1n) is 2.89. The van der Waals surface area contributed by atoms with Crippen molar-refractivity contribution in [1.29, 1.82) is 0 Å². The van der Waals surface area contributed by atoms with Crippen LogP contribution in [0.4, 0.5) is 0 Å². The molecular formula is C5H13N3. The highest BCUT2D eigenvalue weighted by atomic mass is 15.1. The number of rotatable bonds is 4. The van der Waals surface area contributed by atoms with Gasteiger partial charge in [0.1, 0.15) is 0 Å². The molecule has 0 atom stereocenters. The summed E-state index contributed by atoms with van der Waals surface area (Å²) in [5, 5.41) is 10.6. The van der Waals surface area contributed by atoms with Gasteiger partial charge in [-0.3, -0.25) is 0 Å². The predicted octanol–water partition coefficient (Wildman–Crippen LogP) is 0.678. The van der Waals surface area contributed by atoms with E-state index in [-0.39, 0.29) is 0 Å². The van der Waals surface area contributed by atoms with Crippen LogP contribution in [0.2, 0.25) is 0 Å². The summed E-state index contributed by atoms with van der Waals surface area (Å²) < 4.78 is 0. The van der Waals surface area contributed by atoms with Crippen molar-refractivity contribution in [2.24, 2.45) is 10.2 Å². The van der Waals surface area contributed by atoms with Gasteiger partial charge in [-0.1, -0.05) is 0 Å². The number of nitrogens with one attached hydrogen (secondary N) is 1. The zero-order chi connectivity index (χ0) is 6.24. The van der Waals surface area contributed by atoms with Crippen LogP contribution in [0.3, 0.4) is 0 Å². The van der Waals surface area contributed by atoms with E-state index < -0.39 is 0 Å². The molecule has 0 bridgehead atoms. The van der Waals surface area contributed by atoms with Crippen molar-refractivity contribution in [3.8, 4) is 0 Å². The number of hydrogen-bond acceptors (Lipinski definition) is 3. The third-order valence-corrected chi connectivity index (χ3v) is 0.703. The van der Waals surface area contributed by atoms with Gasteiger partial charge in [-0.15, -0.1) is 0 Å². The van der Waals surface area contributed by atoms with Crippen molar-refractivity contribution < 1.29 is 0 Å². The van der Waals surface area contributed by atoms with Crippen molar-refractivity contribution in [2.75, 3.05) is 26.7 Å². The van der Waals surface area contributed by atoms with E-state index >= 15 is 0 Å². The summed E-state index contributed by atoms with van der Waals surface area (Å²) in [4.78, 5) is 0. The lowest BCUT2D eigenvalue weighted by Gasteiger charge is -1.88. The van der Waals surface area contributed by atoms with E-state index in [0.29, 0.717) is 0 Å². The maximum atomic E-state index is 3.84. The van der Waals surface area contributed by atoms with Crippen LogP contribution in [0.5, 0.6) is 0 Å². The molecule has 0 heterocycles. The number of likely N-dealkylation sites (N-methyl/N-ethyl adjacent to an activating group) is 1. The maximum Gasteiger partial charge on any atom is 0.0723 e. The molecule has 8 heavy (non-hydrogen) atoms. The van der Waals surface area contributed by atoms with Crippen molar-refractivity contribution in [3.05, 3.63) is 0 Å². The summed E-state index contributed by atoms with van der Waals surface area (Å²) in [6, 6.07) is 0. The van der Waals surface area contributed by atoms with Gasteiger partial charge in [0.25, 0.3) is 0 Å². The summed E-state index contributed by atoms with van der Waals surface area (Å²) in [7, 11) is 1.90. The number of hydrogen-bond donors (Lipinski definition) is 1. The number of nitrogens with zero attached hydrogens (tertiary/aromatic N) is 2. The van der Waals surface area contributed by atoms with Crippen LogP contribution in [-0.2, 0) is 0 Å². The molecule has 3 nitrogen and oxygen atoms in total. The molecule has 0 aromatic rings. The Morgan fingerprint density at radius 2 is 2.12 bits per heavy atom. The molecule has 48 valence electrons. The molecule has 0 aromatic carbocycles. The van der Waals surface area contributed by atoms with E-state index in [4.69, 9.17) is 0 Å². The molecule has 1 N–H and O–H groups in total. The molecule has 0 rings (SSSR count). The third-order valence-electron chi connectivity index (χ3n) is 0.703.